The Bertz CT molecular complexity index is 701. The molecule has 6 nitrogen and oxygen atoms in total. The normalized spacial score (nSPS) is 16.1. The highest BCUT2D eigenvalue weighted by Crippen LogP contribution is 2.28. The van der Waals surface area contributed by atoms with Gasteiger partial charge in [-0.2, -0.15) is 5.10 Å². The quantitative estimate of drug-likeness (QED) is 0.827. The van der Waals surface area contributed by atoms with Crippen LogP contribution in [-0.2, 0) is 18.3 Å². The summed E-state index contributed by atoms with van der Waals surface area (Å²) in [5, 5.41) is 6.84. The molecule has 0 radical (unpaired) electrons. The fourth-order valence-electron chi connectivity index (χ4n) is 2.29. The molecule has 0 saturated carbocycles. The lowest BCUT2D eigenvalue weighted by Gasteiger charge is -2.12. The molecule has 1 unspecified atom stereocenters. The van der Waals surface area contributed by atoms with Crippen molar-refractivity contribution >= 4 is 28.9 Å². The number of nitrogens with zero attached hydrogens (tertiary/aromatic N) is 2. The van der Waals surface area contributed by atoms with Gasteiger partial charge >= 0.3 is 0 Å². The summed E-state index contributed by atoms with van der Waals surface area (Å²) in [6.45, 7) is 0. The second-order valence-electron chi connectivity index (χ2n) is 4.80. The van der Waals surface area contributed by atoms with E-state index < -0.39 is 6.10 Å². The first-order chi connectivity index (χ1) is 10.1. The minimum Gasteiger partial charge on any atom is -0.480 e. The van der Waals surface area contributed by atoms with Gasteiger partial charge in [0.15, 0.2) is 6.10 Å². The number of rotatable bonds is 3. The molecule has 3 N–H and O–H groups in total. The Morgan fingerprint density at radius 1 is 1.52 bits per heavy atom. The van der Waals surface area contributed by atoms with Gasteiger partial charge in [-0.3, -0.25) is 9.48 Å². The Labute approximate surface area is 126 Å². The molecule has 108 valence electrons. The van der Waals surface area contributed by atoms with Gasteiger partial charge in [-0.15, -0.1) is 0 Å². The molecule has 0 fully saturated rings. The molecule has 1 amide bonds. The van der Waals surface area contributed by atoms with Crippen LogP contribution < -0.4 is 15.8 Å². The Kier molecular flexibility index (Phi) is 3.34. The van der Waals surface area contributed by atoms with E-state index in [0.717, 1.165) is 11.3 Å². The van der Waals surface area contributed by atoms with Crippen LogP contribution in [-0.4, -0.2) is 26.8 Å². The van der Waals surface area contributed by atoms with Crippen molar-refractivity contribution < 1.29 is 9.53 Å². The summed E-state index contributed by atoms with van der Waals surface area (Å²) >= 11 is 4.95. The molecule has 0 spiro atoms. The number of carbonyl (C=O) groups is 1. The molecule has 2 heterocycles. The second kappa shape index (κ2) is 5.17. The third-order valence-electron chi connectivity index (χ3n) is 3.39. The SMILES string of the molecule is Cn1ncc(C(N)=S)c1NC(=O)C1Cc2ccccc2O1. The first-order valence-electron chi connectivity index (χ1n) is 6.43. The smallest absolute Gasteiger partial charge is 0.266 e. The van der Waals surface area contributed by atoms with Crippen molar-refractivity contribution in [3.63, 3.8) is 0 Å². The highest BCUT2D eigenvalue weighted by Gasteiger charge is 2.29. The number of benzene rings is 1. The topological polar surface area (TPSA) is 82.2 Å². The number of fused-ring (bicyclic) bond motifs is 1. The number of aromatic nitrogens is 2. The maximum absolute atomic E-state index is 12.3. The van der Waals surface area contributed by atoms with Gasteiger partial charge in [0.25, 0.3) is 5.91 Å². The van der Waals surface area contributed by atoms with Crippen LogP contribution in [0, 0.1) is 0 Å². The van der Waals surface area contributed by atoms with Crippen LogP contribution in [0.3, 0.4) is 0 Å². The van der Waals surface area contributed by atoms with E-state index in [1.54, 1.807) is 7.05 Å². The molecule has 1 aromatic heterocycles. The van der Waals surface area contributed by atoms with Crippen molar-refractivity contribution in [3.05, 3.63) is 41.6 Å². The second-order valence-corrected chi connectivity index (χ2v) is 5.24. The van der Waals surface area contributed by atoms with Gasteiger partial charge in [0.2, 0.25) is 0 Å². The van der Waals surface area contributed by atoms with Crippen LogP contribution in [0.2, 0.25) is 0 Å². The van der Waals surface area contributed by atoms with Gasteiger partial charge in [-0.05, 0) is 11.6 Å². The largest absolute Gasteiger partial charge is 0.480 e. The van der Waals surface area contributed by atoms with Crippen LogP contribution in [0.5, 0.6) is 5.75 Å². The Morgan fingerprint density at radius 3 is 3.00 bits per heavy atom. The lowest BCUT2D eigenvalue weighted by molar-refractivity contribution is -0.122. The standard InChI is InChI=1S/C14H14N4O2S/c1-18-13(9(7-16-18)12(15)21)17-14(19)11-6-8-4-2-3-5-10(8)20-11/h2-5,7,11H,6H2,1H3,(H2,15,21)(H,17,19). The molecule has 21 heavy (non-hydrogen) atoms. The van der Waals surface area contributed by atoms with E-state index >= 15 is 0 Å². The summed E-state index contributed by atoms with van der Waals surface area (Å²) in [6.07, 6.45) is 1.52. The number of nitrogens with two attached hydrogens (primary N) is 1. The van der Waals surface area contributed by atoms with Crippen LogP contribution >= 0.6 is 12.2 Å². The molecule has 1 atom stereocenters. The molecule has 3 rings (SSSR count). The van der Waals surface area contributed by atoms with Gasteiger partial charge in [0.05, 0.1) is 11.8 Å². The maximum Gasteiger partial charge on any atom is 0.266 e. The van der Waals surface area contributed by atoms with Crippen molar-refractivity contribution in [2.45, 2.75) is 12.5 Å². The number of anilines is 1. The molecule has 0 aliphatic carbocycles. The van der Waals surface area contributed by atoms with Crippen molar-refractivity contribution in [1.82, 2.24) is 9.78 Å². The number of nitrogens with one attached hydrogen (secondary N) is 1. The van der Waals surface area contributed by atoms with Crippen LogP contribution in [0.1, 0.15) is 11.1 Å². The zero-order valence-electron chi connectivity index (χ0n) is 11.4. The monoisotopic (exact) mass is 302 g/mol. The Balaban J connectivity index is 1.77. The predicted octanol–water partition coefficient (Wildman–Crippen LogP) is 0.996. The number of thiocarbonyl (C=S) groups is 1. The Morgan fingerprint density at radius 2 is 2.29 bits per heavy atom. The maximum atomic E-state index is 12.3. The van der Waals surface area contributed by atoms with Crippen molar-refractivity contribution in [3.8, 4) is 5.75 Å². The number of hydrogen-bond acceptors (Lipinski definition) is 4. The number of para-hydroxylation sites is 1. The average Bonchev–Trinajstić information content (AvgIpc) is 3.03. The highest BCUT2D eigenvalue weighted by atomic mass is 32.1. The van der Waals surface area contributed by atoms with E-state index in [-0.39, 0.29) is 10.9 Å². The number of carbonyl (C=O) groups excluding carboxylic acids is 1. The number of ether oxygens (including phenoxy) is 1. The zero-order chi connectivity index (χ0) is 15.0. The summed E-state index contributed by atoms with van der Waals surface area (Å²) in [7, 11) is 1.71. The van der Waals surface area contributed by atoms with Crippen molar-refractivity contribution in [2.75, 3.05) is 5.32 Å². The first-order valence-corrected chi connectivity index (χ1v) is 6.84. The van der Waals surface area contributed by atoms with E-state index in [1.807, 2.05) is 24.3 Å². The fourth-order valence-corrected chi connectivity index (χ4v) is 2.44. The number of aryl methyl sites for hydroxylation is 1. The minimum atomic E-state index is -0.559. The van der Waals surface area contributed by atoms with E-state index in [1.165, 1.54) is 10.9 Å². The van der Waals surface area contributed by atoms with Gasteiger partial charge in [-0.25, -0.2) is 0 Å². The summed E-state index contributed by atoms with van der Waals surface area (Å²) in [6, 6.07) is 7.61. The van der Waals surface area contributed by atoms with Gasteiger partial charge in [0.1, 0.15) is 16.6 Å². The zero-order valence-corrected chi connectivity index (χ0v) is 12.2. The van der Waals surface area contributed by atoms with Gasteiger partial charge in [-0.1, -0.05) is 30.4 Å². The van der Waals surface area contributed by atoms with E-state index in [0.29, 0.717) is 17.8 Å². The predicted molar refractivity (Wildman–Crippen MR) is 82.3 cm³/mol. The minimum absolute atomic E-state index is 0.189. The summed E-state index contributed by atoms with van der Waals surface area (Å²) in [4.78, 5) is 12.5. The average molecular weight is 302 g/mol. The lowest BCUT2D eigenvalue weighted by Crippen LogP contribution is -2.32. The molecule has 1 aromatic carbocycles. The molecule has 1 aliphatic rings. The fraction of sp³-hybridized carbons (Fsp3) is 0.214. The first kappa shape index (κ1) is 13.6. The highest BCUT2D eigenvalue weighted by molar-refractivity contribution is 7.80. The van der Waals surface area contributed by atoms with Crippen LogP contribution in [0.4, 0.5) is 5.82 Å². The third kappa shape index (κ3) is 2.47. The van der Waals surface area contributed by atoms with Gasteiger partial charge in [0, 0.05) is 13.5 Å². The summed E-state index contributed by atoms with van der Waals surface area (Å²) in [5.41, 5.74) is 7.19. The molecule has 1 aliphatic heterocycles. The van der Waals surface area contributed by atoms with Crippen LogP contribution in [0.15, 0.2) is 30.5 Å². The molecule has 7 heteroatoms. The summed E-state index contributed by atoms with van der Waals surface area (Å²) < 4.78 is 7.17. The Hall–Kier alpha value is -2.41. The van der Waals surface area contributed by atoms with E-state index in [9.17, 15) is 4.79 Å². The molecule has 0 bridgehead atoms. The molecule has 2 aromatic rings. The van der Waals surface area contributed by atoms with E-state index in [2.05, 4.69) is 10.4 Å². The van der Waals surface area contributed by atoms with Crippen molar-refractivity contribution in [2.24, 2.45) is 12.8 Å². The van der Waals surface area contributed by atoms with Crippen molar-refractivity contribution in [1.29, 1.82) is 0 Å². The number of amides is 1. The van der Waals surface area contributed by atoms with Crippen LogP contribution in [0.25, 0.3) is 0 Å². The molecule has 0 saturated heterocycles. The van der Waals surface area contributed by atoms with Gasteiger partial charge < -0.3 is 15.8 Å². The molecular weight excluding hydrogens is 288 g/mol. The number of hydrogen-bond donors (Lipinski definition) is 2. The third-order valence-corrected chi connectivity index (χ3v) is 3.61. The summed E-state index contributed by atoms with van der Waals surface area (Å²) in [5.74, 6) is 0.983. The van der Waals surface area contributed by atoms with E-state index in [4.69, 9.17) is 22.7 Å². The lowest BCUT2D eigenvalue weighted by atomic mass is 10.1. The molecular formula is C14H14N4O2S.